The van der Waals surface area contributed by atoms with Crippen molar-refractivity contribution in [1.29, 1.82) is 0 Å². The predicted octanol–water partition coefficient (Wildman–Crippen LogP) is 3.58. The van der Waals surface area contributed by atoms with E-state index in [0.717, 1.165) is 6.42 Å². The summed E-state index contributed by atoms with van der Waals surface area (Å²) in [6.07, 6.45) is 2.10. The highest BCUT2D eigenvalue weighted by Gasteiger charge is 2.00. The monoisotopic (exact) mass is 161 g/mol. The molecule has 0 saturated heterocycles. The third kappa shape index (κ3) is 2.10. The number of benzene rings is 1. The summed E-state index contributed by atoms with van der Waals surface area (Å²) in [5.74, 6) is 0.684. The quantitative estimate of drug-likeness (QED) is 0.635. The fourth-order valence-corrected chi connectivity index (χ4v) is 1.25. The molecule has 1 unspecified atom stereocenters. The van der Waals surface area contributed by atoms with Crippen LogP contribution in [0.4, 0.5) is 0 Å². The smallest absolute Gasteiger partial charge is 0.0193 e. The highest BCUT2D eigenvalue weighted by Crippen LogP contribution is 2.18. The Hall–Kier alpha value is -0.780. The average molecular weight is 161 g/mol. The van der Waals surface area contributed by atoms with Crippen LogP contribution in [0.3, 0.4) is 0 Å². The molecule has 1 atom stereocenters. The van der Waals surface area contributed by atoms with E-state index in [1.165, 1.54) is 17.5 Å². The van der Waals surface area contributed by atoms with Gasteiger partial charge in [0.05, 0.1) is 0 Å². The van der Waals surface area contributed by atoms with Crippen LogP contribution < -0.4 is 0 Å². The van der Waals surface area contributed by atoms with Gasteiger partial charge in [-0.2, -0.15) is 0 Å². The number of hydrogen-bond acceptors (Lipinski definition) is 0. The molecule has 0 fully saturated rings. The van der Waals surface area contributed by atoms with E-state index in [2.05, 4.69) is 45.0 Å². The molecule has 0 heterocycles. The van der Waals surface area contributed by atoms with Crippen molar-refractivity contribution >= 4 is 0 Å². The lowest BCUT2D eigenvalue weighted by Crippen LogP contribution is -1.91. The second-order valence-corrected chi connectivity index (χ2v) is 3.30. The molecule has 0 saturated carbocycles. The van der Waals surface area contributed by atoms with Crippen molar-refractivity contribution in [2.45, 2.75) is 32.6 Å². The van der Waals surface area contributed by atoms with E-state index in [-0.39, 0.29) is 0 Å². The van der Waals surface area contributed by atoms with E-state index >= 15 is 0 Å². The molecule has 0 N–H and O–H groups in total. The van der Waals surface area contributed by atoms with Gasteiger partial charge in [-0.3, -0.25) is 0 Å². The Morgan fingerprint density at radius 3 is 2.25 bits per heavy atom. The Kier molecular flexibility index (Phi) is 3.33. The van der Waals surface area contributed by atoms with Gasteiger partial charge in [-0.05, 0) is 36.8 Å². The number of rotatable bonds is 3. The molecule has 0 aromatic heterocycles. The lowest BCUT2D eigenvalue weighted by Gasteiger charge is -2.08. The standard InChI is InChI=1S/C12H17/c1-4-10(3)12-8-6-11(5-2)7-9-12/h6-10H,2,4-5H2,1,3H3. The highest BCUT2D eigenvalue weighted by molar-refractivity contribution is 5.25. The molecule has 1 aromatic carbocycles. The molecular weight excluding hydrogens is 144 g/mol. The van der Waals surface area contributed by atoms with Crippen LogP contribution in [0.5, 0.6) is 0 Å². The van der Waals surface area contributed by atoms with Crippen LogP contribution in [-0.2, 0) is 6.42 Å². The summed E-state index contributed by atoms with van der Waals surface area (Å²) >= 11 is 0. The van der Waals surface area contributed by atoms with E-state index < -0.39 is 0 Å². The maximum absolute atomic E-state index is 3.85. The van der Waals surface area contributed by atoms with Crippen LogP contribution in [0.25, 0.3) is 0 Å². The van der Waals surface area contributed by atoms with Crippen LogP contribution >= 0.6 is 0 Å². The summed E-state index contributed by atoms with van der Waals surface area (Å²) in [5.41, 5.74) is 2.76. The summed E-state index contributed by atoms with van der Waals surface area (Å²) < 4.78 is 0. The first kappa shape index (κ1) is 9.31. The second-order valence-electron chi connectivity index (χ2n) is 3.30. The molecular formula is C12H17. The summed E-state index contributed by atoms with van der Waals surface area (Å²) in [6, 6.07) is 8.78. The fourth-order valence-electron chi connectivity index (χ4n) is 1.25. The van der Waals surface area contributed by atoms with Gasteiger partial charge < -0.3 is 0 Å². The van der Waals surface area contributed by atoms with Crippen molar-refractivity contribution in [3.63, 3.8) is 0 Å². The van der Waals surface area contributed by atoms with Crippen molar-refractivity contribution in [2.24, 2.45) is 0 Å². The molecule has 0 aliphatic heterocycles. The Bertz CT molecular complexity index is 220. The molecule has 0 aliphatic carbocycles. The van der Waals surface area contributed by atoms with Crippen molar-refractivity contribution < 1.29 is 0 Å². The molecule has 0 spiro atoms. The summed E-state index contributed by atoms with van der Waals surface area (Å²) in [6.45, 7) is 8.34. The summed E-state index contributed by atoms with van der Waals surface area (Å²) in [5, 5.41) is 0. The van der Waals surface area contributed by atoms with Gasteiger partial charge in [-0.25, -0.2) is 0 Å². The van der Waals surface area contributed by atoms with Crippen LogP contribution in [0.15, 0.2) is 24.3 Å². The van der Waals surface area contributed by atoms with Gasteiger partial charge in [0.25, 0.3) is 0 Å². The maximum atomic E-state index is 3.85. The first-order chi connectivity index (χ1) is 5.77. The minimum absolute atomic E-state index is 0.684. The lowest BCUT2D eigenvalue weighted by molar-refractivity contribution is 0.733. The first-order valence-electron chi connectivity index (χ1n) is 4.66. The molecule has 0 nitrogen and oxygen atoms in total. The minimum atomic E-state index is 0.684. The highest BCUT2D eigenvalue weighted by atomic mass is 14.1. The van der Waals surface area contributed by atoms with Gasteiger partial charge in [0.1, 0.15) is 0 Å². The summed E-state index contributed by atoms with van der Waals surface area (Å²) in [4.78, 5) is 0. The predicted molar refractivity (Wildman–Crippen MR) is 54.2 cm³/mol. The molecule has 12 heavy (non-hydrogen) atoms. The van der Waals surface area contributed by atoms with Crippen molar-refractivity contribution in [3.05, 3.63) is 42.3 Å². The van der Waals surface area contributed by atoms with E-state index in [1.54, 1.807) is 0 Å². The van der Waals surface area contributed by atoms with Gasteiger partial charge in [0, 0.05) is 0 Å². The van der Waals surface area contributed by atoms with Crippen LogP contribution in [0.1, 0.15) is 37.3 Å². The summed E-state index contributed by atoms with van der Waals surface area (Å²) in [7, 11) is 0. The van der Waals surface area contributed by atoms with E-state index in [4.69, 9.17) is 0 Å². The Balaban J connectivity index is 2.77. The topological polar surface area (TPSA) is 0 Å². The zero-order valence-corrected chi connectivity index (χ0v) is 8.01. The molecule has 0 bridgehead atoms. The van der Waals surface area contributed by atoms with Gasteiger partial charge >= 0.3 is 0 Å². The van der Waals surface area contributed by atoms with Crippen LogP contribution in [0.2, 0.25) is 0 Å². The molecule has 0 aliphatic rings. The Morgan fingerprint density at radius 1 is 1.25 bits per heavy atom. The maximum Gasteiger partial charge on any atom is -0.0193 e. The van der Waals surface area contributed by atoms with Crippen LogP contribution in [0, 0.1) is 6.92 Å². The average Bonchev–Trinajstić information content (AvgIpc) is 2.17. The normalized spacial score (nSPS) is 12.9. The second kappa shape index (κ2) is 4.30. The largest absolute Gasteiger partial charge is 0.0648 e. The van der Waals surface area contributed by atoms with Gasteiger partial charge in [-0.1, -0.05) is 38.1 Å². The van der Waals surface area contributed by atoms with Gasteiger partial charge in [-0.15, -0.1) is 0 Å². The Labute approximate surface area is 75.6 Å². The molecule has 1 aromatic rings. The van der Waals surface area contributed by atoms with Crippen molar-refractivity contribution in [1.82, 2.24) is 0 Å². The first-order valence-corrected chi connectivity index (χ1v) is 4.66. The lowest BCUT2D eigenvalue weighted by atomic mass is 9.97. The minimum Gasteiger partial charge on any atom is -0.0648 e. The van der Waals surface area contributed by atoms with Crippen LogP contribution in [-0.4, -0.2) is 0 Å². The van der Waals surface area contributed by atoms with Crippen molar-refractivity contribution in [2.75, 3.05) is 0 Å². The molecule has 0 heteroatoms. The van der Waals surface area contributed by atoms with E-state index in [1.807, 2.05) is 0 Å². The van der Waals surface area contributed by atoms with Crippen molar-refractivity contribution in [3.8, 4) is 0 Å². The van der Waals surface area contributed by atoms with Gasteiger partial charge in [0.15, 0.2) is 0 Å². The molecule has 0 amide bonds. The Morgan fingerprint density at radius 2 is 1.83 bits per heavy atom. The van der Waals surface area contributed by atoms with E-state index in [0.29, 0.717) is 5.92 Å². The van der Waals surface area contributed by atoms with Gasteiger partial charge in [0.2, 0.25) is 0 Å². The third-order valence-corrected chi connectivity index (χ3v) is 2.45. The zero-order valence-electron chi connectivity index (χ0n) is 8.01. The fraction of sp³-hybridized carbons (Fsp3) is 0.417. The molecule has 1 radical (unpaired) electrons. The third-order valence-electron chi connectivity index (χ3n) is 2.45. The molecule has 1 rings (SSSR count). The van der Waals surface area contributed by atoms with E-state index in [9.17, 15) is 0 Å². The number of hydrogen-bond donors (Lipinski definition) is 0. The molecule has 65 valence electrons. The zero-order chi connectivity index (χ0) is 8.97. The SMILES string of the molecule is [CH2]Cc1ccc(C(C)CC)cc1.